The summed E-state index contributed by atoms with van der Waals surface area (Å²) in [5.41, 5.74) is 0.963. The van der Waals surface area contributed by atoms with Crippen molar-refractivity contribution in [3.05, 3.63) is 28.5 Å². The Bertz CT molecular complexity index is 397. The van der Waals surface area contributed by atoms with E-state index in [9.17, 15) is 4.39 Å². The molecule has 2 unspecified atom stereocenters. The van der Waals surface area contributed by atoms with Crippen molar-refractivity contribution in [2.75, 3.05) is 11.9 Å². The van der Waals surface area contributed by atoms with E-state index in [1.165, 1.54) is 6.07 Å². The zero-order chi connectivity index (χ0) is 13.0. The molecule has 4 heteroatoms. The smallest absolute Gasteiger partial charge is 0.137 e. The van der Waals surface area contributed by atoms with Gasteiger partial charge in [-0.05, 0) is 53.4 Å². The first-order valence-corrected chi connectivity index (χ1v) is 7.31. The number of hydrogen-bond donors (Lipinski definition) is 1. The molecule has 1 aliphatic rings. The number of hydrogen-bond acceptors (Lipinski definition) is 2. The minimum absolute atomic E-state index is 0.226. The molecule has 100 valence electrons. The standard InChI is InChI=1S/C14H19BrFNO/c1-2-3-12-8-11(6-7-18-12)17-10-4-5-14(16)13(15)9-10/h4-5,9,11-12,17H,2-3,6-8H2,1H3. The number of ether oxygens (including phenoxy) is 1. The average molecular weight is 316 g/mol. The largest absolute Gasteiger partial charge is 0.382 e. The van der Waals surface area contributed by atoms with E-state index in [0.29, 0.717) is 16.6 Å². The van der Waals surface area contributed by atoms with Crippen LogP contribution in [0.15, 0.2) is 22.7 Å². The van der Waals surface area contributed by atoms with Gasteiger partial charge in [0.1, 0.15) is 5.82 Å². The highest BCUT2D eigenvalue weighted by Gasteiger charge is 2.21. The molecule has 0 radical (unpaired) electrons. The third-order valence-electron chi connectivity index (χ3n) is 3.27. The van der Waals surface area contributed by atoms with Crippen LogP contribution in [0.1, 0.15) is 32.6 Å². The van der Waals surface area contributed by atoms with Gasteiger partial charge in [-0.1, -0.05) is 13.3 Å². The van der Waals surface area contributed by atoms with Crippen LogP contribution in [-0.2, 0) is 4.74 Å². The van der Waals surface area contributed by atoms with E-state index in [0.717, 1.165) is 38.0 Å². The third-order valence-corrected chi connectivity index (χ3v) is 3.88. The second-order valence-electron chi connectivity index (χ2n) is 4.78. The Morgan fingerprint density at radius 3 is 3.06 bits per heavy atom. The van der Waals surface area contributed by atoms with Crippen LogP contribution in [0.5, 0.6) is 0 Å². The molecule has 0 aromatic heterocycles. The molecule has 1 fully saturated rings. The molecular formula is C14H19BrFNO. The summed E-state index contributed by atoms with van der Waals surface area (Å²) in [5, 5.41) is 3.46. The normalized spacial score (nSPS) is 23.9. The quantitative estimate of drug-likeness (QED) is 0.892. The van der Waals surface area contributed by atoms with Gasteiger partial charge in [-0.3, -0.25) is 0 Å². The molecule has 0 saturated carbocycles. The van der Waals surface area contributed by atoms with Crippen LogP contribution in [0.25, 0.3) is 0 Å². The minimum Gasteiger partial charge on any atom is -0.382 e. The summed E-state index contributed by atoms with van der Waals surface area (Å²) in [6, 6.07) is 5.48. The molecule has 2 atom stereocenters. The van der Waals surface area contributed by atoms with E-state index in [1.807, 2.05) is 0 Å². The molecule has 0 amide bonds. The van der Waals surface area contributed by atoms with Crippen molar-refractivity contribution in [3.8, 4) is 0 Å². The van der Waals surface area contributed by atoms with Crippen molar-refractivity contribution in [1.82, 2.24) is 0 Å². The maximum atomic E-state index is 13.1. The first-order chi connectivity index (χ1) is 8.69. The number of rotatable bonds is 4. The van der Waals surface area contributed by atoms with Crippen molar-refractivity contribution in [2.45, 2.75) is 44.8 Å². The molecule has 0 aliphatic carbocycles. The lowest BCUT2D eigenvalue weighted by Gasteiger charge is -2.30. The summed E-state index contributed by atoms with van der Waals surface area (Å²) in [7, 11) is 0. The van der Waals surface area contributed by atoms with Crippen LogP contribution < -0.4 is 5.32 Å². The van der Waals surface area contributed by atoms with Crippen molar-refractivity contribution < 1.29 is 9.13 Å². The highest BCUT2D eigenvalue weighted by molar-refractivity contribution is 9.10. The van der Waals surface area contributed by atoms with Gasteiger partial charge in [-0.2, -0.15) is 0 Å². The summed E-state index contributed by atoms with van der Waals surface area (Å²) in [5.74, 6) is -0.226. The first-order valence-electron chi connectivity index (χ1n) is 6.52. The third kappa shape index (κ3) is 3.69. The van der Waals surface area contributed by atoms with Crippen molar-refractivity contribution in [1.29, 1.82) is 0 Å². The van der Waals surface area contributed by atoms with E-state index in [1.54, 1.807) is 12.1 Å². The first kappa shape index (κ1) is 13.8. The minimum atomic E-state index is -0.226. The van der Waals surface area contributed by atoms with Gasteiger partial charge < -0.3 is 10.1 Å². The molecule has 1 aromatic carbocycles. The van der Waals surface area contributed by atoms with E-state index in [2.05, 4.69) is 28.2 Å². The molecular weight excluding hydrogens is 297 g/mol. The Morgan fingerprint density at radius 1 is 1.50 bits per heavy atom. The summed E-state index contributed by atoms with van der Waals surface area (Å²) in [6.45, 7) is 2.99. The van der Waals surface area contributed by atoms with Crippen LogP contribution >= 0.6 is 15.9 Å². The molecule has 2 nitrogen and oxygen atoms in total. The SMILES string of the molecule is CCCC1CC(Nc2ccc(F)c(Br)c2)CCO1. The Hall–Kier alpha value is -0.610. The van der Waals surface area contributed by atoms with Gasteiger partial charge in [0, 0.05) is 18.3 Å². The van der Waals surface area contributed by atoms with Gasteiger partial charge in [0.15, 0.2) is 0 Å². The maximum absolute atomic E-state index is 13.1. The van der Waals surface area contributed by atoms with Crippen molar-refractivity contribution in [2.24, 2.45) is 0 Å². The molecule has 1 saturated heterocycles. The lowest BCUT2D eigenvalue weighted by atomic mass is 10.00. The monoisotopic (exact) mass is 315 g/mol. The van der Waals surface area contributed by atoms with Crippen LogP contribution in [0.2, 0.25) is 0 Å². The molecule has 0 bridgehead atoms. The second-order valence-corrected chi connectivity index (χ2v) is 5.63. The van der Waals surface area contributed by atoms with Gasteiger partial charge in [0.25, 0.3) is 0 Å². The van der Waals surface area contributed by atoms with Gasteiger partial charge in [0.05, 0.1) is 10.6 Å². The fourth-order valence-corrected chi connectivity index (χ4v) is 2.73. The van der Waals surface area contributed by atoms with Gasteiger partial charge in [-0.25, -0.2) is 4.39 Å². The topological polar surface area (TPSA) is 21.3 Å². The summed E-state index contributed by atoms with van der Waals surface area (Å²) < 4.78 is 19.4. The number of nitrogens with one attached hydrogen (secondary N) is 1. The molecule has 1 aliphatic heterocycles. The molecule has 2 rings (SSSR count). The molecule has 1 heterocycles. The van der Waals surface area contributed by atoms with E-state index in [-0.39, 0.29) is 5.82 Å². The van der Waals surface area contributed by atoms with E-state index in [4.69, 9.17) is 4.74 Å². The number of halogens is 2. The summed E-state index contributed by atoms with van der Waals surface area (Å²) in [6.07, 6.45) is 4.67. The van der Waals surface area contributed by atoms with Gasteiger partial charge in [-0.15, -0.1) is 0 Å². The van der Waals surface area contributed by atoms with Crippen LogP contribution in [0, 0.1) is 5.82 Å². The number of anilines is 1. The lowest BCUT2D eigenvalue weighted by Crippen LogP contribution is -2.33. The second kappa shape index (κ2) is 6.53. The summed E-state index contributed by atoms with van der Waals surface area (Å²) >= 11 is 3.21. The van der Waals surface area contributed by atoms with Crippen LogP contribution in [-0.4, -0.2) is 18.8 Å². The van der Waals surface area contributed by atoms with Crippen molar-refractivity contribution in [3.63, 3.8) is 0 Å². The average Bonchev–Trinajstić information content (AvgIpc) is 2.35. The maximum Gasteiger partial charge on any atom is 0.137 e. The number of benzene rings is 1. The highest BCUT2D eigenvalue weighted by Crippen LogP contribution is 2.24. The predicted molar refractivity (Wildman–Crippen MR) is 75.4 cm³/mol. The van der Waals surface area contributed by atoms with Gasteiger partial charge in [0.2, 0.25) is 0 Å². The predicted octanol–water partition coefficient (Wildman–Crippen LogP) is 4.35. The van der Waals surface area contributed by atoms with Crippen LogP contribution in [0.4, 0.5) is 10.1 Å². The Balaban J connectivity index is 1.93. The molecule has 1 aromatic rings. The zero-order valence-corrected chi connectivity index (χ0v) is 12.2. The van der Waals surface area contributed by atoms with E-state index >= 15 is 0 Å². The van der Waals surface area contributed by atoms with Gasteiger partial charge >= 0.3 is 0 Å². The molecule has 18 heavy (non-hydrogen) atoms. The summed E-state index contributed by atoms with van der Waals surface area (Å²) in [4.78, 5) is 0. The molecule has 0 spiro atoms. The lowest BCUT2D eigenvalue weighted by molar-refractivity contribution is 0.00598. The van der Waals surface area contributed by atoms with E-state index < -0.39 is 0 Å². The Morgan fingerprint density at radius 2 is 2.33 bits per heavy atom. The van der Waals surface area contributed by atoms with Crippen LogP contribution in [0.3, 0.4) is 0 Å². The Kier molecular flexibility index (Phi) is 5.01. The zero-order valence-electron chi connectivity index (χ0n) is 10.6. The van der Waals surface area contributed by atoms with Crippen molar-refractivity contribution >= 4 is 21.6 Å². The molecule has 1 N–H and O–H groups in total. The fraction of sp³-hybridized carbons (Fsp3) is 0.571. The fourth-order valence-electron chi connectivity index (χ4n) is 2.36. The Labute approximate surface area is 116 Å². The highest BCUT2D eigenvalue weighted by atomic mass is 79.9.